The first kappa shape index (κ1) is 12.8. The van der Waals surface area contributed by atoms with Gasteiger partial charge in [0.2, 0.25) is 0 Å². The minimum Gasteiger partial charge on any atom is -0.494 e. The molecule has 1 fully saturated rings. The third kappa shape index (κ3) is 2.28. The van der Waals surface area contributed by atoms with Gasteiger partial charge < -0.3 is 15.4 Å². The number of nitrogens with zero attached hydrogens (tertiary/aromatic N) is 2. The number of likely N-dealkylation sites (tertiary alicyclic amines) is 1. The maximum atomic E-state index is 12.4. The van der Waals surface area contributed by atoms with E-state index in [1.807, 2.05) is 0 Å². The molecule has 0 radical (unpaired) electrons. The summed E-state index contributed by atoms with van der Waals surface area (Å²) in [4.78, 5) is 18.5. The number of hydrogen-bond donors (Lipinski definition) is 1. The van der Waals surface area contributed by atoms with Gasteiger partial charge in [-0.1, -0.05) is 12.2 Å². The highest BCUT2D eigenvalue weighted by Crippen LogP contribution is 2.24. The molecule has 5 nitrogen and oxygen atoms in total. The molecule has 2 N–H and O–H groups in total. The van der Waals surface area contributed by atoms with Gasteiger partial charge >= 0.3 is 0 Å². The molecule has 1 aromatic heterocycles. The minimum absolute atomic E-state index is 0.107. The van der Waals surface area contributed by atoms with Crippen LogP contribution in [0.25, 0.3) is 0 Å². The van der Waals surface area contributed by atoms with E-state index in [2.05, 4.69) is 4.98 Å². The fraction of sp³-hybridized carbons (Fsp3) is 0.417. The molecule has 1 aromatic rings. The van der Waals surface area contributed by atoms with Crippen molar-refractivity contribution >= 4 is 23.1 Å². The first-order valence-corrected chi connectivity index (χ1v) is 6.14. The summed E-state index contributed by atoms with van der Waals surface area (Å²) in [6, 6.07) is 1.50. The monoisotopic (exact) mass is 265 g/mol. The van der Waals surface area contributed by atoms with Gasteiger partial charge in [0.25, 0.3) is 5.91 Å². The lowest BCUT2D eigenvalue weighted by atomic mass is 10.2. The van der Waals surface area contributed by atoms with E-state index in [0.29, 0.717) is 22.8 Å². The van der Waals surface area contributed by atoms with E-state index in [1.54, 1.807) is 17.2 Å². The second-order valence-electron chi connectivity index (χ2n) is 4.13. The number of carbonyl (C=O) groups excluding carboxylic acids is 1. The molecule has 1 unspecified atom stereocenters. The molecule has 1 atom stereocenters. The maximum Gasteiger partial charge on any atom is 0.258 e. The number of nitrogens with two attached hydrogens (primary N) is 1. The first-order chi connectivity index (χ1) is 8.65. The number of carbonyl (C=O) groups is 1. The molecule has 96 valence electrons. The number of aromatic nitrogens is 1. The van der Waals surface area contributed by atoms with Gasteiger partial charge in [0.05, 0.1) is 29.9 Å². The standard InChI is InChI=1S/C12H15N3O2S/c1-17-10-7-14-5-4-8(10)12(16)15-6-2-3-9(15)11(13)18/h4-5,7,9H,2-3,6H2,1H3,(H2,13,18). The highest BCUT2D eigenvalue weighted by Gasteiger charge is 2.32. The van der Waals surface area contributed by atoms with E-state index < -0.39 is 0 Å². The van der Waals surface area contributed by atoms with Gasteiger partial charge in [-0.25, -0.2) is 0 Å². The van der Waals surface area contributed by atoms with Crippen LogP contribution in [0.1, 0.15) is 23.2 Å². The summed E-state index contributed by atoms with van der Waals surface area (Å²) in [6.07, 6.45) is 4.84. The first-order valence-electron chi connectivity index (χ1n) is 5.73. The number of methoxy groups -OCH3 is 1. The molecule has 0 bridgehead atoms. The van der Waals surface area contributed by atoms with Crippen molar-refractivity contribution in [2.45, 2.75) is 18.9 Å². The molecule has 1 saturated heterocycles. The predicted molar refractivity (Wildman–Crippen MR) is 71.6 cm³/mol. The van der Waals surface area contributed by atoms with Crippen molar-refractivity contribution in [1.29, 1.82) is 0 Å². The van der Waals surface area contributed by atoms with Crippen LogP contribution in [0.5, 0.6) is 5.75 Å². The maximum absolute atomic E-state index is 12.4. The average molecular weight is 265 g/mol. The van der Waals surface area contributed by atoms with E-state index in [1.165, 1.54) is 13.3 Å². The molecule has 1 aliphatic rings. The zero-order valence-electron chi connectivity index (χ0n) is 10.1. The Morgan fingerprint density at radius 3 is 3.11 bits per heavy atom. The molecule has 0 saturated carbocycles. The molecule has 1 aliphatic heterocycles. The van der Waals surface area contributed by atoms with Gasteiger partial charge in [-0.05, 0) is 18.9 Å². The SMILES string of the molecule is COc1cnccc1C(=O)N1CCCC1C(N)=S. The summed E-state index contributed by atoms with van der Waals surface area (Å²) < 4.78 is 5.15. The molecule has 2 heterocycles. The van der Waals surface area contributed by atoms with Gasteiger partial charge in [-0.3, -0.25) is 9.78 Å². The molecule has 0 spiro atoms. The van der Waals surface area contributed by atoms with Crippen LogP contribution in [-0.4, -0.2) is 40.5 Å². The molecule has 0 aliphatic carbocycles. The van der Waals surface area contributed by atoms with Crippen molar-refractivity contribution in [3.63, 3.8) is 0 Å². The Kier molecular flexibility index (Phi) is 3.76. The summed E-state index contributed by atoms with van der Waals surface area (Å²) in [5, 5.41) is 0. The van der Waals surface area contributed by atoms with Gasteiger partial charge in [0.15, 0.2) is 0 Å². The zero-order chi connectivity index (χ0) is 13.1. The number of rotatable bonds is 3. The number of amides is 1. The quantitative estimate of drug-likeness (QED) is 0.825. The Hall–Kier alpha value is -1.69. The second kappa shape index (κ2) is 5.30. The Balaban J connectivity index is 2.28. The average Bonchev–Trinajstić information content (AvgIpc) is 2.87. The lowest BCUT2D eigenvalue weighted by molar-refractivity contribution is 0.0767. The predicted octanol–water partition coefficient (Wildman–Crippen LogP) is 0.981. The topological polar surface area (TPSA) is 68.5 Å². The summed E-state index contributed by atoms with van der Waals surface area (Å²) in [5.41, 5.74) is 6.16. The van der Waals surface area contributed by atoms with Crippen LogP contribution in [0.2, 0.25) is 0 Å². The van der Waals surface area contributed by atoms with Crippen molar-refractivity contribution in [2.24, 2.45) is 5.73 Å². The largest absolute Gasteiger partial charge is 0.494 e. The summed E-state index contributed by atoms with van der Waals surface area (Å²) in [7, 11) is 1.52. The molecule has 2 rings (SSSR count). The summed E-state index contributed by atoms with van der Waals surface area (Å²) >= 11 is 5.00. The van der Waals surface area contributed by atoms with E-state index >= 15 is 0 Å². The highest BCUT2D eigenvalue weighted by atomic mass is 32.1. The second-order valence-corrected chi connectivity index (χ2v) is 4.61. The van der Waals surface area contributed by atoms with Gasteiger partial charge in [-0.15, -0.1) is 0 Å². The zero-order valence-corrected chi connectivity index (χ0v) is 10.9. The normalized spacial score (nSPS) is 18.7. The van der Waals surface area contributed by atoms with Crippen molar-refractivity contribution in [2.75, 3.05) is 13.7 Å². The van der Waals surface area contributed by atoms with Crippen LogP contribution in [0.15, 0.2) is 18.5 Å². The van der Waals surface area contributed by atoms with Gasteiger partial charge in [0.1, 0.15) is 5.75 Å². The van der Waals surface area contributed by atoms with E-state index in [4.69, 9.17) is 22.7 Å². The van der Waals surface area contributed by atoms with Crippen LogP contribution in [0.3, 0.4) is 0 Å². The summed E-state index contributed by atoms with van der Waals surface area (Å²) in [5.74, 6) is 0.362. The van der Waals surface area contributed by atoms with Gasteiger partial charge in [0, 0.05) is 12.7 Å². The Morgan fingerprint density at radius 1 is 1.67 bits per heavy atom. The van der Waals surface area contributed by atoms with E-state index in [9.17, 15) is 4.79 Å². The molecule has 0 aromatic carbocycles. The molecule has 6 heteroatoms. The third-order valence-corrected chi connectivity index (χ3v) is 3.35. The van der Waals surface area contributed by atoms with Crippen LogP contribution in [0.4, 0.5) is 0 Å². The minimum atomic E-state index is -0.148. The van der Waals surface area contributed by atoms with Crippen LogP contribution in [-0.2, 0) is 0 Å². The fourth-order valence-corrected chi connectivity index (χ4v) is 2.42. The number of hydrogen-bond acceptors (Lipinski definition) is 4. The fourth-order valence-electron chi connectivity index (χ4n) is 2.18. The lowest BCUT2D eigenvalue weighted by Crippen LogP contribution is -2.42. The number of thiocarbonyl (C=S) groups is 1. The van der Waals surface area contributed by atoms with Gasteiger partial charge in [-0.2, -0.15) is 0 Å². The summed E-state index contributed by atoms with van der Waals surface area (Å²) in [6.45, 7) is 0.673. The van der Waals surface area contributed by atoms with Crippen LogP contribution < -0.4 is 10.5 Å². The van der Waals surface area contributed by atoms with Crippen LogP contribution in [0, 0.1) is 0 Å². The Labute approximate surface area is 111 Å². The Bertz CT molecular complexity index is 478. The lowest BCUT2D eigenvalue weighted by Gasteiger charge is -2.24. The van der Waals surface area contributed by atoms with Crippen molar-refractivity contribution in [3.05, 3.63) is 24.0 Å². The van der Waals surface area contributed by atoms with Crippen molar-refractivity contribution < 1.29 is 9.53 Å². The molecule has 18 heavy (non-hydrogen) atoms. The Morgan fingerprint density at radius 2 is 2.44 bits per heavy atom. The highest BCUT2D eigenvalue weighted by molar-refractivity contribution is 7.80. The molecule has 1 amide bonds. The van der Waals surface area contributed by atoms with E-state index in [0.717, 1.165) is 12.8 Å². The molecular weight excluding hydrogens is 250 g/mol. The third-order valence-electron chi connectivity index (χ3n) is 3.08. The van der Waals surface area contributed by atoms with E-state index in [-0.39, 0.29) is 11.9 Å². The van der Waals surface area contributed by atoms with Crippen molar-refractivity contribution in [1.82, 2.24) is 9.88 Å². The number of pyridine rings is 1. The number of ether oxygens (including phenoxy) is 1. The van der Waals surface area contributed by atoms with Crippen LogP contribution >= 0.6 is 12.2 Å². The smallest absolute Gasteiger partial charge is 0.258 e. The molecular formula is C12H15N3O2S. The van der Waals surface area contributed by atoms with Crippen molar-refractivity contribution in [3.8, 4) is 5.75 Å².